The molecule has 0 aliphatic carbocycles. The minimum atomic E-state index is -4.68. The Bertz CT molecular complexity index is 1560. The summed E-state index contributed by atoms with van der Waals surface area (Å²) in [7, 11) is -2.66. The van der Waals surface area contributed by atoms with Gasteiger partial charge in [0.25, 0.3) is 12.3 Å². The first-order valence-electron chi connectivity index (χ1n) is 9.92. The Kier molecular flexibility index (Phi) is 5.94. The molecule has 0 saturated carbocycles. The Hall–Kier alpha value is -3.69. The Labute approximate surface area is 193 Å². The number of hydrogen-bond donors (Lipinski definition) is 1. The normalized spacial score (nSPS) is 12.7. The van der Waals surface area contributed by atoms with E-state index in [0.29, 0.717) is 6.20 Å². The fourth-order valence-electron chi connectivity index (χ4n) is 3.36. The van der Waals surface area contributed by atoms with Crippen molar-refractivity contribution in [2.24, 2.45) is 7.05 Å². The van der Waals surface area contributed by atoms with Gasteiger partial charge in [-0.1, -0.05) is 6.92 Å². The van der Waals surface area contributed by atoms with Crippen LogP contribution in [-0.4, -0.2) is 62.2 Å². The molecule has 1 N–H and O–H groups in total. The van der Waals surface area contributed by atoms with Gasteiger partial charge in [-0.25, -0.2) is 36.7 Å². The fourth-order valence-corrected chi connectivity index (χ4v) is 4.34. The van der Waals surface area contributed by atoms with Gasteiger partial charge in [0.15, 0.2) is 26.2 Å². The number of rotatable bonds is 6. The van der Waals surface area contributed by atoms with Crippen LogP contribution in [0.25, 0.3) is 28.2 Å². The summed E-state index contributed by atoms with van der Waals surface area (Å²) < 4.78 is 92.4. The van der Waals surface area contributed by atoms with Gasteiger partial charge in [0, 0.05) is 19.4 Å². The summed E-state index contributed by atoms with van der Waals surface area (Å²) >= 11 is 0. The van der Waals surface area contributed by atoms with Crippen LogP contribution in [0.4, 0.5) is 22.0 Å². The second kappa shape index (κ2) is 8.51. The molecule has 1 amide bonds. The second-order valence-electron chi connectivity index (χ2n) is 7.31. The molecule has 186 valence electrons. The molecular weight excluding hydrogens is 501 g/mol. The van der Waals surface area contributed by atoms with Crippen LogP contribution in [0.3, 0.4) is 0 Å². The number of carbonyl (C=O) groups excluding carboxylic acids is 1. The average Bonchev–Trinajstić information content (AvgIpc) is 3.34. The van der Waals surface area contributed by atoms with E-state index in [2.05, 4.69) is 20.1 Å². The van der Waals surface area contributed by atoms with Gasteiger partial charge in [-0.15, -0.1) is 0 Å². The monoisotopic (exact) mass is 517 g/mol. The maximum atomic E-state index is 13.1. The van der Waals surface area contributed by atoms with E-state index >= 15 is 0 Å². The van der Waals surface area contributed by atoms with Crippen LogP contribution in [0, 0.1) is 0 Å². The van der Waals surface area contributed by atoms with Crippen LogP contribution < -0.4 is 5.32 Å². The SMILES string of the molecule is CCS(=O)(=O)c1nn2c(C(=O)NCC(F)F)ccnc2c1-c1nc2cc(C(F)(F)F)cnc2n1C. The van der Waals surface area contributed by atoms with E-state index < -0.39 is 51.2 Å². The first kappa shape index (κ1) is 24.4. The lowest BCUT2D eigenvalue weighted by Crippen LogP contribution is -2.30. The Morgan fingerprint density at radius 1 is 1.20 bits per heavy atom. The summed E-state index contributed by atoms with van der Waals surface area (Å²) in [6.07, 6.45) is -5.74. The predicted molar refractivity (Wildman–Crippen MR) is 112 cm³/mol. The molecular formula is C19H16F5N7O3S. The first-order valence-corrected chi connectivity index (χ1v) is 11.6. The summed E-state index contributed by atoms with van der Waals surface area (Å²) in [6.45, 7) is 0.397. The van der Waals surface area contributed by atoms with Crippen molar-refractivity contribution in [3.05, 3.63) is 35.8 Å². The van der Waals surface area contributed by atoms with E-state index in [9.17, 15) is 35.2 Å². The third kappa shape index (κ3) is 4.28. The number of hydrogen-bond acceptors (Lipinski definition) is 7. The van der Waals surface area contributed by atoms with E-state index in [-0.39, 0.29) is 33.9 Å². The molecule has 16 heteroatoms. The zero-order valence-corrected chi connectivity index (χ0v) is 18.8. The predicted octanol–water partition coefficient (Wildman–Crippen LogP) is 2.49. The van der Waals surface area contributed by atoms with Gasteiger partial charge in [0.2, 0.25) is 0 Å². The molecule has 0 aliphatic heterocycles. The zero-order valence-electron chi connectivity index (χ0n) is 18.0. The first-order chi connectivity index (χ1) is 16.3. The Balaban J connectivity index is 2.00. The van der Waals surface area contributed by atoms with Gasteiger partial charge in [-0.05, 0) is 12.1 Å². The molecule has 0 bridgehead atoms. The van der Waals surface area contributed by atoms with Crippen molar-refractivity contribution in [2.45, 2.75) is 24.6 Å². The van der Waals surface area contributed by atoms with Crippen LogP contribution in [-0.2, 0) is 23.1 Å². The standard InChI is InChI=1S/C19H16F5N7O3S/c1-3-35(33,34)18-13(15-25-5-4-11(31(15)29-18)17(32)27-8-12(20)21)16-28-10-6-9(19(22,23)24)7-26-14(10)30(16)2/h4-7,12H,3,8H2,1-2H3,(H,27,32). The van der Waals surface area contributed by atoms with E-state index in [1.165, 1.54) is 18.5 Å². The minimum Gasteiger partial charge on any atom is -0.345 e. The van der Waals surface area contributed by atoms with E-state index in [1.807, 2.05) is 5.32 Å². The number of alkyl halides is 5. The highest BCUT2D eigenvalue weighted by atomic mass is 32.2. The smallest absolute Gasteiger partial charge is 0.345 e. The molecule has 0 unspecified atom stereocenters. The lowest BCUT2D eigenvalue weighted by molar-refractivity contribution is -0.137. The van der Waals surface area contributed by atoms with Crippen LogP contribution in [0.15, 0.2) is 29.6 Å². The number of nitrogens with one attached hydrogen (secondary N) is 1. The van der Waals surface area contributed by atoms with Gasteiger partial charge in [-0.3, -0.25) is 4.79 Å². The number of sulfone groups is 1. The van der Waals surface area contributed by atoms with Gasteiger partial charge in [-0.2, -0.15) is 18.3 Å². The maximum absolute atomic E-state index is 13.1. The number of aromatic nitrogens is 6. The third-order valence-corrected chi connectivity index (χ3v) is 6.71. The largest absolute Gasteiger partial charge is 0.417 e. The van der Waals surface area contributed by atoms with Crippen LogP contribution in [0.1, 0.15) is 23.0 Å². The number of aryl methyl sites for hydroxylation is 1. The van der Waals surface area contributed by atoms with Gasteiger partial charge in [0.05, 0.1) is 17.9 Å². The summed E-state index contributed by atoms with van der Waals surface area (Å²) in [5.74, 6) is -1.49. The summed E-state index contributed by atoms with van der Waals surface area (Å²) in [4.78, 5) is 24.5. The second-order valence-corrected chi connectivity index (χ2v) is 9.50. The average molecular weight is 517 g/mol. The molecule has 0 aliphatic rings. The van der Waals surface area contributed by atoms with Gasteiger partial charge in [0.1, 0.15) is 22.6 Å². The van der Waals surface area contributed by atoms with Gasteiger partial charge >= 0.3 is 6.18 Å². The highest BCUT2D eigenvalue weighted by Crippen LogP contribution is 2.34. The van der Waals surface area contributed by atoms with Crippen molar-refractivity contribution in [1.82, 2.24) is 34.4 Å². The highest BCUT2D eigenvalue weighted by Gasteiger charge is 2.33. The molecule has 4 aromatic rings. The van der Waals surface area contributed by atoms with E-state index in [1.54, 1.807) is 0 Å². The van der Waals surface area contributed by atoms with Crippen molar-refractivity contribution in [2.75, 3.05) is 12.3 Å². The van der Waals surface area contributed by atoms with Crippen molar-refractivity contribution in [3.8, 4) is 11.4 Å². The molecule has 4 aromatic heterocycles. The summed E-state index contributed by atoms with van der Waals surface area (Å²) in [5, 5.41) is 5.48. The molecule has 0 aromatic carbocycles. The molecule has 4 rings (SSSR count). The highest BCUT2D eigenvalue weighted by molar-refractivity contribution is 7.91. The summed E-state index contributed by atoms with van der Waals surface area (Å²) in [5.41, 5.74) is -1.82. The number of carbonyl (C=O) groups is 1. The molecule has 0 saturated heterocycles. The quantitative estimate of drug-likeness (QED) is 0.390. The lowest BCUT2D eigenvalue weighted by atomic mass is 10.2. The third-order valence-electron chi connectivity index (χ3n) is 5.07. The zero-order chi connectivity index (χ0) is 25.7. The molecule has 0 radical (unpaired) electrons. The number of nitrogens with zero attached hydrogens (tertiary/aromatic N) is 6. The topological polar surface area (TPSA) is 124 Å². The Morgan fingerprint density at radius 2 is 1.91 bits per heavy atom. The van der Waals surface area contributed by atoms with Crippen LogP contribution >= 0.6 is 0 Å². The molecule has 10 nitrogen and oxygen atoms in total. The van der Waals surface area contributed by atoms with Crippen LogP contribution in [0.5, 0.6) is 0 Å². The minimum absolute atomic E-state index is 0.0260. The molecule has 35 heavy (non-hydrogen) atoms. The Morgan fingerprint density at radius 3 is 2.54 bits per heavy atom. The van der Waals surface area contributed by atoms with E-state index in [4.69, 9.17) is 0 Å². The molecule has 0 atom stereocenters. The van der Waals surface area contributed by atoms with Gasteiger partial charge < -0.3 is 9.88 Å². The number of amides is 1. The fraction of sp³-hybridized carbons (Fsp3) is 0.316. The van der Waals surface area contributed by atoms with Crippen molar-refractivity contribution in [1.29, 1.82) is 0 Å². The number of imidazole rings is 1. The van der Waals surface area contributed by atoms with E-state index in [0.717, 1.165) is 22.8 Å². The number of pyridine rings is 1. The molecule has 0 spiro atoms. The van der Waals surface area contributed by atoms with Crippen LogP contribution in [0.2, 0.25) is 0 Å². The number of fused-ring (bicyclic) bond motifs is 2. The number of halogens is 5. The molecule has 4 heterocycles. The van der Waals surface area contributed by atoms with Crippen molar-refractivity contribution >= 4 is 32.6 Å². The molecule has 0 fully saturated rings. The lowest BCUT2D eigenvalue weighted by Gasteiger charge is -2.06. The maximum Gasteiger partial charge on any atom is 0.417 e. The van der Waals surface area contributed by atoms with Crippen molar-refractivity contribution in [3.63, 3.8) is 0 Å². The van der Waals surface area contributed by atoms with Crippen molar-refractivity contribution < 1.29 is 35.2 Å². The summed E-state index contributed by atoms with van der Waals surface area (Å²) in [6, 6.07) is 1.92.